The Morgan fingerprint density at radius 3 is 2.84 bits per heavy atom. The van der Waals surface area contributed by atoms with E-state index in [-0.39, 0.29) is 0 Å². The van der Waals surface area contributed by atoms with Gasteiger partial charge in [0.15, 0.2) is 0 Å². The van der Waals surface area contributed by atoms with Crippen molar-refractivity contribution in [3.8, 4) is 22.5 Å². The topological polar surface area (TPSA) is 43.6 Å². The number of pyridine rings is 2. The molecule has 0 bridgehead atoms. The average Bonchev–Trinajstić information content (AvgIpc) is 3.22. The molecular weight excluding hydrogens is 308 g/mol. The summed E-state index contributed by atoms with van der Waals surface area (Å²) >= 11 is 0. The number of hydrogen-bond acceptors (Lipinski definition) is 3. The summed E-state index contributed by atoms with van der Waals surface area (Å²) in [6.07, 6.45) is 4.08. The molecule has 5 rings (SSSR count). The quantitative estimate of drug-likeness (QED) is 0.548. The monoisotopic (exact) mass is 326 g/mol. The Kier molecular flexibility index (Phi) is 3.17. The molecule has 122 valence electrons. The lowest BCUT2D eigenvalue weighted by Crippen LogP contribution is -1.94. The maximum atomic E-state index is 4.97. The van der Waals surface area contributed by atoms with Crippen LogP contribution >= 0.6 is 0 Å². The van der Waals surface area contributed by atoms with Crippen LogP contribution in [0.1, 0.15) is 17.8 Å². The number of aryl methyl sites for hydroxylation is 2. The highest BCUT2D eigenvalue weighted by molar-refractivity contribution is 5.97. The number of rotatable bonds is 2. The summed E-state index contributed by atoms with van der Waals surface area (Å²) in [5.74, 6) is 0. The molecule has 0 N–H and O–H groups in total. The Balaban J connectivity index is 1.83. The largest absolute Gasteiger partial charge is 0.268 e. The zero-order valence-electron chi connectivity index (χ0n) is 14.1. The number of fused-ring (bicyclic) bond motifs is 2. The predicted octanol–water partition coefficient (Wildman–Crippen LogP) is 4.41. The van der Waals surface area contributed by atoms with Crippen molar-refractivity contribution in [1.82, 2.24) is 19.7 Å². The van der Waals surface area contributed by atoms with E-state index in [1.807, 2.05) is 31.3 Å². The highest BCUT2D eigenvalue weighted by Gasteiger charge is 2.25. The molecular formula is C21H18N4. The maximum Gasteiger partial charge on any atom is 0.103 e. The Hall–Kier alpha value is -3.01. The van der Waals surface area contributed by atoms with Crippen LogP contribution in [-0.2, 0) is 13.0 Å². The number of hydrogen-bond donors (Lipinski definition) is 0. The predicted molar refractivity (Wildman–Crippen MR) is 99.3 cm³/mol. The SMILES string of the molecule is Cc1cccc(-c2c(-c3ccnc4ccccc34)nn3c2CCC3)n1. The van der Waals surface area contributed by atoms with Crippen LogP contribution < -0.4 is 0 Å². The van der Waals surface area contributed by atoms with Crippen LogP contribution in [0.4, 0.5) is 0 Å². The summed E-state index contributed by atoms with van der Waals surface area (Å²) < 4.78 is 2.16. The van der Waals surface area contributed by atoms with Crippen LogP contribution in [-0.4, -0.2) is 19.7 Å². The van der Waals surface area contributed by atoms with Gasteiger partial charge in [0.1, 0.15) is 5.69 Å². The Bertz CT molecular complexity index is 1090. The van der Waals surface area contributed by atoms with Crippen LogP contribution in [0.3, 0.4) is 0 Å². The number of aromatic nitrogens is 4. The van der Waals surface area contributed by atoms with Gasteiger partial charge < -0.3 is 0 Å². The maximum absolute atomic E-state index is 4.97. The smallest absolute Gasteiger partial charge is 0.103 e. The zero-order chi connectivity index (χ0) is 16.8. The van der Waals surface area contributed by atoms with Gasteiger partial charge in [-0.3, -0.25) is 14.6 Å². The summed E-state index contributed by atoms with van der Waals surface area (Å²) in [5.41, 5.74) is 7.67. The molecule has 4 nitrogen and oxygen atoms in total. The van der Waals surface area contributed by atoms with Crippen molar-refractivity contribution in [2.45, 2.75) is 26.3 Å². The molecule has 0 amide bonds. The Labute approximate surface area is 146 Å². The third-order valence-corrected chi connectivity index (χ3v) is 4.89. The molecule has 0 saturated heterocycles. The van der Waals surface area contributed by atoms with Gasteiger partial charge in [-0.15, -0.1) is 0 Å². The van der Waals surface area contributed by atoms with Crippen molar-refractivity contribution in [2.24, 2.45) is 0 Å². The van der Waals surface area contributed by atoms with Crippen LogP contribution in [0.2, 0.25) is 0 Å². The van der Waals surface area contributed by atoms with Crippen molar-refractivity contribution >= 4 is 10.9 Å². The van der Waals surface area contributed by atoms with E-state index in [0.29, 0.717) is 0 Å². The second kappa shape index (κ2) is 5.52. The van der Waals surface area contributed by atoms with E-state index in [2.05, 4.69) is 40.0 Å². The van der Waals surface area contributed by atoms with Gasteiger partial charge >= 0.3 is 0 Å². The van der Waals surface area contributed by atoms with Gasteiger partial charge in [-0.2, -0.15) is 5.10 Å². The molecule has 0 aliphatic carbocycles. The van der Waals surface area contributed by atoms with Crippen molar-refractivity contribution < 1.29 is 0 Å². The zero-order valence-corrected chi connectivity index (χ0v) is 14.1. The molecule has 0 atom stereocenters. The second-order valence-electron chi connectivity index (χ2n) is 6.54. The van der Waals surface area contributed by atoms with Gasteiger partial charge in [0.05, 0.1) is 11.2 Å². The molecule has 0 fully saturated rings. The Morgan fingerprint density at radius 1 is 1.00 bits per heavy atom. The van der Waals surface area contributed by atoms with Gasteiger partial charge in [-0.25, -0.2) is 0 Å². The van der Waals surface area contributed by atoms with Gasteiger partial charge in [0.25, 0.3) is 0 Å². The first kappa shape index (κ1) is 14.3. The lowest BCUT2D eigenvalue weighted by Gasteiger charge is -2.08. The molecule has 1 aliphatic rings. The summed E-state index contributed by atoms with van der Waals surface area (Å²) in [5, 5.41) is 6.10. The first-order valence-electron chi connectivity index (χ1n) is 8.69. The van der Waals surface area contributed by atoms with E-state index in [1.165, 1.54) is 11.3 Å². The van der Waals surface area contributed by atoms with E-state index >= 15 is 0 Å². The van der Waals surface area contributed by atoms with Gasteiger partial charge in [-0.1, -0.05) is 24.3 Å². The van der Waals surface area contributed by atoms with E-state index in [9.17, 15) is 0 Å². The van der Waals surface area contributed by atoms with Crippen LogP contribution in [0, 0.1) is 6.92 Å². The van der Waals surface area contributed by atoms with Crippen LogP contribution in [0.15, 0.2) is 54.7 Å². The fourth-order valence-electron chi connectivity index (χ4n) is 3.77. The lowest BCUT2D eigenvalue weighted by molar-refractivity contribution is 0.659. The molecule has 0 radical (unpaired) electrons. The lowest BCUT2D eigenvalue weighted by atomic mass is 9.98. The molecule has 3 aromatic heterocycles. The van der Waals surface area contributed by atoms with Crippen LogP contribution in [0.25, 0.3) is 33.4 Å². The number of nitrogens with zero attached hydrogens (tertiary/aromatic N) is 4. The van der Waals surface area contributed by atoms with E-state index < -0.39 is 0 Å². The molecule has 4 heteroatoms. The fourth-order valence-corrected chi connectivity index (χ4v) is 3.77. The highest BCUT2D eigenvalue weighted by atomic mass is 15.3. The van der Waals surface area contributed by atoms with Crippen LogP contribution in [0.5, 0.6) is 0 Å². The van der Waals surface area contributed by atoms with E-state index in [0.717, 1.165) is 52.9 Å². The molecule has 1 aliphatic heterocycles. The third-order valence-electron chi connectivity index (χ3n) is 4.89. The summed E-state index contributed by atoms with van der Waals surface area (Å²) in [6, 6.07) is 16.5. The number of para-hydroxylation sites is 1. The second-order valence-corrected chi connectivity index (χ2v) is 6.54. The third kappa shape index (κ3) is 2.25. The summed E-state index contributed by atoms with van der Waals surface area (Å²) in [4.78, 5) is 9.29. The van der Waals surface area contributed by atoms with Crippen molar-refractivity contribution in [2.75, 3.05) is 0 Å². The average molecular weight is 326 g/mol. The minimum Gasteiger partial charge on any atom is -0.268 e. The van der Waals surface area contributed by atoms with Gasteiger partial charge in [0, 0.05) is 40.6 Å². The van der Waals surface area contributed by atoms with E-state index in [1.54, 1.807) is 0 Å². The minimum atomic E-state index is 0.983. The van der Waals surface area contributed by atoms with Gasteiger partial charge in [0.2, 0.25) is 0 Å². The first-order chi connectivity index (χ1) is 12.3. The van der Waals surface area contributed by atoms with Crippen molar-refractivity contribution in [1.29, 1.82) is 0 Å². The van der Waals surface area contributed by atoms with Gasteiger partial charge in [-0.05, 0) is 44.0 Å². The van der Waals surface area contributed by atoms with Crippen molar-refractivity contribution in [3.63, 3.8) is 0 Å². The minimum absolute atomic E-state index is 0.983. The normalized spacial score (nSPS) is 13.3. The number of benzene rings is 1. The van der Waals surface area contributed by atoms with E-state index in [4.69, 9.17) is 10.1 Å². The first-order valence-corrected chi connectivity index (χ1v) is 8.69. The Morgan fingerprint density at radius 2 is 1.92 bits per heavy atom. The molecule has 0 spiro atoms. The summed E-state index contributed by atoms with van der Waals surface area (Å²) in [6.45, 7) is 3.02. The van der Waals surface area contributed by atoms with Crippen molar-refractivity contribution in [3.05, 3.63) is 66.1 Å². The molecule has 0 saturated carbocycles. The molecule has 25 heavy (non-hydrogen) atoms. The highest BCUT2D eigenvalue weighted by Crippen LogP contribution is 2.38. The molecule has 1 aromatic carbocycles. The standard InChI is InChI=1S/C21H18N4/c1-14-6-4-9-18(23-14)20-19-10-5-13-25(19)24-21(20)16-11-12-22-17-8-3-2-7-15(16)17/h2-4,6-9,11-12H,5,10,13H2,1H3. The molecule has 0 unspecified atom stereocenters. The molecule has 4 aromatic rings. The fraction of sp³-hybridized carbons (Fsp3) is 0.190. The summed E-state index contributed by atoms with van der Waals surface area (Å²) in [7, 11) is 0. The molecule has 4 heterocycles.